The summed E-state index contributed by atoms with van der Waals surface area (Å²) >= 11 is 1.33. The zero-order chi connectivity index (χ0) is 20.9. The molecule has 2 aromatic heterocycles. The SMILES string of the molecule is CCOC(=O)CSc1ncnc2c(OC3CCC(C4CCCCC4)CC3)n(C)nc12. The van der Waals surface area contributed by atoms with E-state index < -0.39 is 0 Å². The summed E-state index contributed by atoms with van der Waals surface area (Å²) in [5.74, 6) is 2.46. The number of rotatable bonds is 7. The van der Waals surface area contributed by atoms with Gasteiger partial charge in [0.1, 0.15) is 23.0 Å². The number of fused-ring (bicyclic) bond motifs is 1. The van der Waals surface area contributed by atoms with Gasteiger partial charge in [0.15, 0.2) is 5.52 Å². The average molecular weight is 433 g/mol. The van der Waals surface area contributed by atoms with Gasteiger partial charge >= 0.3 is 5.97 Å². The minimum absolute atomic E-state index is 0.206. The Balaban J connectivity index is 1.40. The van der Waals surface area contributed by atoms with E-state index in [9.17, 15) is 4.79 Å². The van der Waals surface area contributed by atoms with Crippen molar-refractivity contribution in [3.05, 3.63) is 6.33 Å². The molecular weight excluding hydrogens is 400 g/mol. The number of hydrogen-bond acceptors (Lipinski definition) is 7. The maximum atomic E-state index is 11.7. The van der Waals surface area contributed by atoms with E-state index >= 15 is 0 Å². The van der Waals surface area contributed by atoms with Crippen molar-refractivity contribution in [1.82, 2.24) is 19.7 Å². The van der Waals surface area contributed by atoms with Gasteiger partial charge in [-0.1, -0.05) is 43.9 Å². The van der Waals surface area contributed by atoms with Gasteiger partial charge in [0.2, 0.25) is 5.88 Å². The monoisotopic (exact) mass is 432 g/mol. The fourth-order valence-electron chi connectivity index (χ4n) is 4.97. The summed E-state index contributed by atoms with van der Waals surface area (Å²) in [4.78, 5) is 20.4. The van der Waals surface area contributed by atoms with E-state index in [0.717, 1.165) is 24.7 Å². The van der Waals surface area contributed by atoms with E-state index in [4.69, 9.17) is 9.47 Å². The fraction of sp³-hybridized carbons (Fsp3) is 0.727. The Hall–Kier alpha value is -1.83. The topological polar surface area (TPSA) is 79.1 Å². The average Bonchev–Trinajstić information content (AvgIpc) is 3.09. The third-order valence-electron chi connectivity index (χ3n) is 6.48. The highest BCUT2D eigenvalue weighted by Gasteiger charge is 2.30. The molecule has 30 heavy (non-hydrogen) atoms. The molecule has 0 radical (unpaired) electrons. The molecule has 0 saturated heterocycles. The second kappa shape index (κ2) is 9.98. The molecule has 2 aromatic rings. The van der Waals surface area contributed by atoms with Crippen molar-refractivity contribution in [2.45, 2.75) is 75.8 Å². The van der Waals surface area contributed by atoms with Crippen LogP contribution in [0, 0.1) is 11.8 Å². The van der Waals surface area contributed by atoms with Gasteiger partial charge in [0.05, 0.1) is 12.4 Å². The number of ether oxygens (including phenoxy) is 2. The summed E-state index contributed by atoms with van der Waals surface area (Å²) < 4.78 is 13.2. The maximum absolute atomic E-state index is 11.7. The third kappa shape index (κ3) is 4.90. The molecule has 0 N–H and O–H groups in total. The summed E-state index contributed by atoms with van der Waals surface area (Å²) in [7, 11) is 1.88. The highest BCUT2D eigenvalue weighted by molar-refractivity contribution is 8.00. The van der Waals surface area contributed by atoms with Gasteiger partial charge in [-0.25, -0.2) is 14.6 Å². The van der Waals surface area contributed by atoms with Crippen molar-refractivity contribution in [3.63, 3.8) is 0 Å². The molecule has 0 atom stereocenters. The molecule has 2 aliphatic carbocycles. The minimum Gasteiger partial charge on any atom is -0.473 e. The molecule has 0 spiro atoms. The van der Waals surface area contributed by atoms with Crippen molar-refractivity contribution in [2.75, 3.05) is 12.4 Å². The quantitative estimate of drug-likeness (QED) is 0.361. The summed E-state index contributed by atoms with van der Waals surface area (Å²) in [6, 6.07) is 0. The zero-order valence-corrected chi connectivity index (χ0v) is 18.8. The second-order valence-electron chi connectivity index (χ2n) is 8.45. The van der Waals surface area contributed by atoms with Crippen LogP contribution in [-0.2, 0) is 16.6 Å². The number of esters is 1. The second-order valence-corrected chi connectivity index (χ2v) is 9.42. The Bertz CT molecular complexity index is 857. The van der Waals surface area contributed by atoms with Crippen LogP contribution in [0.1, 0.15) is 64.7 Å². The van der Waals surface area contributed by atoms with E-state index in [1.165, 1.54) is 63.0 Å². The molecule has 2 fully saturated rings. The van der Waals surface area contributed by atoms with Crippen molar-refractivity contribution >= 4 is 28.8 Å². The van der Waals surface area contributed by atoms with Gasteiger partial charge in [-0.2, -0.15) is 5.10 Å². The minimum atomic E-state index is -0.253. The first kappa shape index (κ1) is 21.4. The smallest absolute Gasteiger partial charge is 0.316 e. The van der Waals surface area contributed by atoms with Crippen LogP contribution < -0.4 is 4.74 Å². The molecule has 2 saturated carbocycles. The Morgan fingerprint density at radius 2 is 1.80 bits per heavy atom. The van der Waals surface area contributed by atoms with Crippen LogP contribution in [0.3, 0.4) is 0 Å². The summed E-state index contributed by atoms with van der Waals surface area (Å²) in [6.45, 7) is 2.18. The van der Waals surface area contributed by atoms with Crippen molar-refractivity contribution < 1.29 is 14.3 Å². The molecular formula is C22H32N4O3S. The van der Waals surface area contributed by atoms with Crippen LogP contribution in [0.25, 0.3) is 11.0 Å². The Morgan fingerprint density at radius 3 is 2.53 bits per heavy atom. The lowest BCUT2D eigenvalue weighted by Gasteiger charge is -2.35. The van der Waals surface area contributed by atoms with Gasteiger partial charge in [-0.3, -0.25) is 4.79 Å². The largest absolute Gasteiger partial charge is 0.473 e. The van der Waals surface area contributed by atoms with Gasteiger partial charge < -0.3 is 9.47 Å². The van der Waals surface area contributed by atoms with Crippen LogP contribution in [0.2, 0.25) is 0 Å². The van der Waals surface area contributed by atoms with E-state index in [0.29, 0.717) is 28.5 Å². The number of nitrogens with zero attached hydrogens (tertiary/aromatic N) is 4. The van der Waals surface area contributed by atoms with Crippen LogP contribution in [-0.4, -0.2) is 44.2 Å². The molecule has 2 heterocycles. The summed E-state index contributed by atoms with van der Waals surface area (Å²) in [5.41, 5.74) is 1.40. The normalized spacial score (nSPS) is 22.9. The van der Waals surface area contributed by atoms with E-state index in [-0.39, 0.29) is 17.8 Å². The van der Waals surface area contributed by atoms with Crippen LogP contribution in [0.4, 0.5) is 0 Å². The predicted octanol–water partition coefficient (Wildman–Crippen LogP) is 4.54. The number of carbonyl (C=O) groups is 1. The van der Waals surface area contributed by atoms with Gasteiger partial charge in [0, 0.05) is 7.05 Å². The maximum Gasteiger partial charge on any atom is 0.316 e. The molecule has 0 amide bonds. The standard InChI is InChI=1S/C22H32N4O3S/c1-3-28-18(27)13-30-21-19-20(23-14-24-21)22(26(2)25-19)29-17-11-9-16(10-12-17)15-7-5-4-6-8-15/h14-17H,3-13H2,1-2H3. The lowest BCUT2D eigenvalue weighted by molar-refractivity contribution is -0.139. The van der Waals surface area contributed by atoms with E-state index in [2.05, 4.69) is 15.1 Å². The highest BCUT2D eigenvalue weighted by Crippen LogP contribution is 2.39. The molecule has 164 valence electrons. The van der Waals surface area contributed by atoms with Crippen LogP contribution in [0.15, 0.2) is 11.4 Å². The van der Waals surface area contributed by atoms with E-state index in [1.807, 2.05) is 7.05 Å². The number of hydrogen-bond donors (Lipinski definition) is 0. The molecule has 2 aliphatic rings. The molecule has 0 aliphatic heterocycles. The predicted molar refractivity (Wildman–Crippen MR) is 117 cm³/mol. The first-order valence-corrected chi connectivity index (χ1v) is 12.3. The van der Waals surface area contributed by atoms with Gasteiger partial charge in [-0.05, 0) is 44.4 Å². The first-order chi connectivity index (χ1) is 14.7. The number of aryl methyl sites for hydroxylation is 1. The van der Waals surface area contributed by atoms with Crippen molar-refractivity contribution in [1.29, 1.82) is 0 Å². The Labute approximate surface area is 182 Å². The highest BCUT2D eigenvalue weighted by atomic mass is 32.2. The zero-order valence-electron chi connectivity index (χ0n) is 18.0. The Kier molecular flexibility index (Phi) is 7.12. The molecule has 8 heteroatoms. The van der Waals surface area contributed by atoms with Crippen molar-refractivity contribution in [2.24, 2.45) is 18.9 Å². The van der Waals surface area contributed by atoms with Crippen molar-refractivity contribution in [3.8, 4) is 5.88 Å². The molecule has 0 aromatic carbocycles. The lowest BCUT2D eigenvalue weighted by Crippen LogP contribution is -2.29. The van der Waals surface area contributed by atoms with Crippen LogP contribution in [0.5, 0.6) is 5.88 Å². The summed E-state index contributed by atoms with van der Waals surface area (Å²) in [6.07, 6.45) is 13.6. The Morgan fingerprint density at radius 1 is 1.07 bits per heavy atom. The van der Waals surface area contributed by atoms with Crippen LogP contribution >= 0.6 is 11.8 Å². The summed E-state index contributed by atoms with van der Waals surface area (Å²) in [5, 5.41) is 5.26. The van der Waals surface area contributed by atoms with Gasteiger partial charge in [-0.15, -0.1) is 0 Å². The first-order valence-electron chi connectivity index (χ1n) is 11.3. The molecule has 0 bridgehead atoms. The number of thioether (sulfide) groups is 1. The lowest BCUT2D eigenvalue weighted by atomic mass is 9.73. The fourth-order valence-corrected chi connectivity index (χ4v) is 5.70. The van der Waals surface area contributed by atoms with E-state index in [1.54, 1.807) is 11.6 Å². The van der Waals surface area contributed by atoms with Gasteiger partial charge in [0.25, 0.3) is 0 Å². The molecule has 7 nitrogen and oxygen atoms in total. The molecule has 0 unspecified atom stereocenters. The third-order valence-corrected chi connectivity index (χ3v) is 7.43. The number of carbonyl (C=O) groups excluding carboxylic acids is 1. The number of aromatic nitrogens is 4. The molecule has 4 rings (SSSR count).